The largest absolute Gasteiger partial charge is 0.293 e. The Balaban J connectivity index is 1.60. The first-order chi connectivity index (χ1) is 13.4. The Morgan fingerprint density at radius 1 is 1.39 bits per heavy atom. The summed E-state index contributed by atoms with van der Waals surface area (Å²) in [5.74, 6) is -0.187. The van der Waals surface area contributed by atoms with E-state index in [4.69, 9.17) is 0 Å². The van der Waals surface area contributed by atoms with Crippen LogP contribution in [-0.4, -0.2) is 26.0 Å². The van der Waals surface area contributed by atoms with E-state index in [-0.39, 0.29) is 28.3 Å². The molecule has 1 aromatic carbocycles. The zero-order valence-corrected chi connectivity index (χ0v) is 17.0. The van der Waals surface area contributed by atoms with Crippen LogP contribution in [0.2, 0.25) is 0 Å². The number of nitro groups is 1. The topological polar surface area (TPSA) is 95.1 Å². The molecule has 1 aliphatic carbocycles. The standard InChI is InChI=1S/C19H17N3O4S2/c1-10-6-7-11(8-13(10)22(25)26)14(23)9-27-19-20-17-16(18(24)21(19)2)12-4-3-5-15(12)28-17/h6-8H,3-5,9H2,1-2H3. The number of ketones is 1. The van der Waals surface area contributed by atoms with Crippen LogP contribution in [-0.2, 0) is 19.9 Å². The normalized spacial score (nSPS) is 13.1. The minimum Gasteiger partial charge on any atom is -0.293 e. The van der Waals surface area contributed by atoms with Crippen LogP contribution in [0.25, 0.3) is 10.2 Å². The van der Waals surface area contributed by atoms with Gasteiger partial charge in [0, 0.05) is 29.1 Å². The number of carbonyl (C=O) groups excluding carboxylic acids is 1. The van der Waals surface area contributed by atoms with Crippen molar-refractivity contribution in [2.45, 2.75) is 31.3 Å². The van der Waals surface area contributed by atoms with E-state index in [0.717, 1.165) is 29.7 Å². The Kier molecular flexibility index (Phi) is 4.80. The van der Waals surface area contributed by atoms with Gasteiger partial charge in [-0.2, -0.15) is 0 Å². The SMILES string of the molecule is Cc1ccc(C(=O)CSc2nc3sc4c(c3c(=O)n2C)CCC4)cc1[N+](=O)[O-]. The molecule has 0 N–H and O–H groups in total. The molecule has 144 valence electrons. The second-order valence-corrected chi connectivity index (χ2v) is 8.79. The Labute approximate surface area is 168 Å². The maximum absolute atomic E-state index is 12.8. The lowest BCUT2D eigenvalue weighted by Crippen LogP contribution is -2.20. The van der Waals surface area contributed by atoms with Gasteiger partial charge in [-0.25, -0.2) is 4.98 Å². The number of aryl methyl sites for hydroxylation is 3. The maximum atomic E-state index is 12.8. The van der Waals surface area contributed by atoms with Crippen molar-refractivity contribution in [2.24, 2.45) is 7.05 Å². The quantitative estimate of drug-likeness (QED) is 0.207. The molecule has 0 saturated heterocycles. The molecule has 0 fully saturated rings. The van der Waals surface area contributed by atoms with Crippen molar-refractivity contribution in [3.63, 3.8) is 0 Å². The molecule has 9 heteroatoms. The third kappa shape index (κ3) is 3.14. The summed E-state index contributed by atoms with van der Waals surface area (Å²) < 4.78 is 1.49. The number of nitro benzene ring substituents is 1. The van der Waals surface area contributed by atoms with Gasteiger partial charge in [-0.3, -0.25) is 24.3 Å². The van der Waals surface area contributed by atoms with Crippen LogP contribution in [0.4, 0.5) is 5.69 Å². The number of thioether (sulfide) groups is 1. The third-order valence-electron chi connectivity index (χ3n) is 4.97. The Morgan fingerprint density at radius 2 is 2.18 bits per heavy atom. The molecule has 0 saturated carbocycles. The first kappa shape index (κ1) is 18.8. The second-order valence-electron chi connectivity index (χ2n) is 6.77. The highest BCUT2D eigenvalue weighted by molar-refractivity contribution is 7.99. The van der Waals surface area contributed by atoms with Gasteiger partial charge in [0.05, 0.1) is 16.1 Å². The van der Waals surface area contributed by atoms with Crippen molar-refractivity contribution in [1.82, 2.24) is 9.55 Å². The Bertz CT molecular complexity index is 1200. The van der Waals surface area contributed by atoms with Crippen molar-refractivity contribution in [2.75, 3.05) is 5.75 Å². The van der Waals surface area contributed by atoms with Gasteiger partial charge >= 0.3 is 0 Å². The van der Waals surface area contributed by atoms with Gasteiger partial charge < -0.3 is 0 Å². The maximum Gasteiger partial charge on any atom is 0.273 e. The molecule has 2 heterocycles. The second kappa shape index (κ2) is 7.14. The molecule has 0 radical (unpaired) electrons. The monoisotopic (exact) mass is 415 g/mol. The molecule has 4 rings (SSSR count). The number of Topliss-reactive ketones (excluding diaryl/α,β-unsaturated/α-hetero) is 1. The lowest BCUT2D eigenvalue weighted by Gasteiger charge is -2.07. The molecule has 28 heavy (non-hydrogen) atoms. The van der Waals surface area contributed by atoms with Crippen LogP contribution in [0.3, 0.4) is 0 Å². The number of nitrogens with zero attached hydrogens (tertiary/aromatic N) is 3. The van der Waals surface area contributed by atoms with Crippen molar-refractivity contribution in [3.8, 4) is 0 Å². The molecular weight excluding hydrogens is 398 g/mol. The van der Waals surface area contributed by atoms with E-state index >= 15 is 0 Å². The van der Waals surface area contributed by atoms with Gasteiger partial charge in [-0.15, -0.1) is 11.3 Å². The molecule has 7 nitrogen and oxygen atoms in total. The van der Waals surface area contributed by atoms with E-state index in [1.165, 1.54) is 27.3 Å². The molecule has 1 aliphatic rings. The van der Waals surface area contributed by atoms with Crippen LogP contribution < -0.4 is 5.56 Å². The number of aromatic nitrogens is 2. The van der Waals surface area contributed by atoms with E-state index in [0.29, 0.717) is 16.1 Å². The number of rotatable bonds is 5. The highest BCUT2D eigenvalue weighted by Gasteiger charge is 2.23. The van der Waals surface area contributed by atoms with Crippen LogP contribution in [0.15, 0.2) is 28.2 Å². The lowest BCUT2D eigenvalue weighted by atomic mass is 10.1. The molecular formula is C19H17N3O4S2. The van der Waals surface area contributed by atoms with Crippen LogP contribution in [0.5, 0.6) is 0 Å². The number of benzene rings is 1. The van der Waals surface area contributed by atoms with Crippen molar-refractivity contribution < 1.29 is 9.72 Å². The lowest BCUT2D eigenvalue weighted by molar-refractivity contribution is -0.385. The molecule has 0 bridgehead atoms. The van der Waals surface area contributed by atoms with Gasteiger partial charge in [0.15, 0.2) is 10.9 Å². The molecule has 0 aliphatic heterocycles. The fourth-order valence-electron chi connectivity index (χ4n) is 3.43. The van der Waals surface area contributed by atoms with Gasteiger partial charge in [0.1, 0.15) is 4.83 Å². The summed E-state index contributed by atoms with van der Waals surface area (Å²) in [5.41, 5.74) is 1.77. The predicted molar refractivity (Wildman–Crippen MR) is 110 cm³/mol. The summed E-state index contributed by atoms with van der Waals surface area (Å²) in [5, 5.41) is 12.3. The van der Waals surface area contributed by atoms with E-state index < -0.39 is 4.92 Å². The Morgan fingerprint density at radius 3 is 2.93 bits per heavy atom. The van der Waals surface area contributed by atoms with Gasteiger partial charge in [0.2, 0.25) is 0 Å². The molecule has 0 amide bonds. The van der Waals surface area contributed by atoms with E-state index in [1.807, 2.05) is 0 Å². The zero-order chi connectivity index (χ0) is 20.0. The third-order valence-corrected chi connectivity index (χ3v) is 7.18. The van der Waals surface area contributed by atoms with Crippen LogP contribution in [0, 0.1) is 17.0 Å². The number of hydrogen-bond acceptors (Lipinski definition) is 7. The predicted octanol–water partition coefficient (Wildman–Crippen LogP) is 3.68. The van der Waals surface area contributed by atoms with Gasteiger partial charge in [0.25, 0.3) is 11.2 Å². The zero-order valence-electron chi connectivity index (χ0n) is 15.4. The average molecular weight is 415 g/mol. The highest BCUT2D eigenvalue weighted by Crippen LogP contribution is 2.35. The average Bonchev–Trinajstić information content (AvgIpc) is 3.24. The van der Waals surface area contributed by atoms with Crippen LogP contribution >= 0.6 is 23.1 Å². The summed E-state index contributed by atoms with van der Waals surface area (Å²) in [4.78, 5) is 42.5. The number of hydrogen-bond donors (Lipinski definition) is 0. The molecule has 0 spiro atoms. The van der Waals surface area contributed by atoms with Gasteiger partial charge in [-0.1, -0.05) is 23.9 Å². The number of fused-ring (bicyclic) bond motifs is 3. The van der Waals surface area contributed by atoms with Crippen molar-refractivity contribution in [1.29, 1.82) is 0 Å². The Hall–Kier alpha value is -2.52. The summed E-state index contributed by atoms with van der Waals surface area (Å²) in [6.07, 6.45) is 2.99. The van der Waals surface area contributed by atoms with Gasteiger partial charge in [-0.05, 0) is 31.7 Å². The van der Waals surface area contributed by atoms with E-state index in [1.54, 1.807) is 37.4 Å². The fraction of sp³-hybridized carbons (Fsp3) is 0.316. The van der Waals surface area contributed by atoms with E-state index in [2.05, 4.69) is 4.98 Å². The first-order valence-electron chi connectivity index (χ1n) is 8.79. The summed E-state index contributed by atoms with van der Waals surface area (Å²) in [6, 6.07) is 4.46. The minimum absolute atomic E-state index is 0.0527. The fourth-order valence-corrected chi connectivity index (χ4v) is 5.60. The van der Waals surface area contributed by atoms with Crippen molar-refractivity contribution >= 4 is 44.8 Å². The number of carbonyl (C=O) groups is 1. The summed E-state index contributed by atoms with van der Waals surface area (Å²) in [7, 11) is 1.66. The summed E-state index contributed by atoms with van der Waals surface area (Å²) in [6.45, 7) is 1.63. The van der Waals surface area contributed by atoms with Crippen LogP contribution in [0.1, 0.15) is 32.8 Å². The molecule has 2 aromatic heterocycles. The van der Waals surface area contributed by atoms with Crippen molar-refractivity contribution in [3.05, 3.63) is 60.2 Å². The minimum atomic E-state index is -0.492. The molecule has 3 aromatic rings. The molecule has 0 atom stereocenters. The smallest absolute Gasteiger partial charge is 0.273 e. The highest BCUT2D eigenvalue weighted by atomic mass is 32.2. The number of thiophene rings is 1. The molecule has 0 unspecified atom stereocenters. The summed E-state index contributed by atoms with van der Waals surface area (Å²) >= 11 is 2.74. The van der Waals surface area contributed by atoms with E-state index in [9.17, 15) is 19.7 Å². The first-order valence-corrected chi connectivity index (χ1v) is 10.6.